The van der Waals surface area contributed by atoms with Crippen LogP contribution in [-0.4, -0.2) is 12.6 Å². The molecule has 0 aromatic rings. The fraction of sp³-hybridized carbons (Fsp3) is 0.643. The van der Waals surface area contributed by atoms with E-state index in [1.807, 2.05) is 0 Å². The second kappa shape index (κ2) is 10.3. The van der Waals surface area contributed by atoms with Crippen molar-refractivity contribution in [2.75, 3.05) is 6.61 Å². The van der Waals surface area contributed by atoms with E-state index in [4.69, 9.17) is 11.2 Å². The van der Waals surface area contributed by atoms with Gasteiger partial charge in [-0.1, -0.05) is 32.3 Å². The molecule has 0 saturated carbocycles. The molecule has 0 aromatic carbocycles. The Morgan fingerprint density at radius 3 is 2.31 bits per heavy atom. The quantitative estimate of drug-likeness (QED) is 0.258. The molecular formula is C14H22O2. The molecule has 0 radical (unpaired) electrons. The third-order valence-electron chi connectivity index (χ3n) is 2.30. The summed E-state index contributed by atoms with van der Waals surface area (Å²) in [6, 6.07) is 0. The lowest BCUT2D eigenvalue weighted by Crippen LogP contribution is -2.05. The Bertz CT molecular complexity index is 248. The molecule has 0 spiro atoms. The van der Waals surface area contributed by atoms with Gasteiger partial charge in [-0.3, -0.25) is 0 Å². The third kappa shape index (κ3) is 9.33. The predicted octanol–water partition coefficient (Wildman–Crippen LogP) is 3.47. The van der Waals surface area contributed by atoms with E-state index in [-0.39, 0.29) is 5.97 Å². The number of hydrogen-bond donors (Lipinski definition) is 0. The molecule has 0 N–H and O–H groups in total. The maximum atomic E-state index is 11.0. The van der Waals surface area contributed by atoms with Crippen LogP contribution >= 0.6 is 0 Å². The molecule has 2 nitrogen and oxygen atoms in total. The van der Waals surface area contributed by atoms with E-state index in [2.05, 4.69) is 12.5 Å². The molecule has 0 saturated heterocycles. The average molecular weight is 222 g/mol. The Labute approximate surface area is 99.1 Å². The molecule has 0 atom stereocenters. The first-order valence-electron chi connectivity index (χ1n) is 5.94. The molecule has 0 unspecified atom stereocenters. The largest absolute Gasteiger partial charge is 0.462 e. The van der Waals surface area contributed by atoms with Gasteiger partial charge in [-0.2, -0.15) is 0 Å². The summed E-state index contributed by atoms with van der Waals surface area (Å²) >= 11 is 0. The van der Waals surface area contributed by atoms with Gasteiger partial charge in [0.2, 0.25) is 0 Å². The van der Waals surface area contributed by atoms with Crippen LogP contribution in [0.4, 0.5) is 0 Å². The van der Waals surface area contributed by atoms with Crippen molar-refractivity contribution in [3.63, 3.8) is 0 Å². The van der Waals surface area contributed by atoms with E-state index >= 15 is 0 Å². The van der Waals surface area contributed by atoms with Crippen molar-refractivity contribution in [2.45, 2.75) is 51.9 Å². The third-order valence-corrected chi connectivity index (χ3v) is 2.30. The Kier molecular flexibility index (Phi) is 9.50. The fourth-order valence-corrected chi connectivity index (χ4v) is 1.32. The summed E-state index contributed by atoms with van der Waals surface area (Å²) in [4.78, 5) is 11.0. The van der Waals surface area contributed by atoms with Gasteiger partial charge in [0.25, 0.3) is 0 Å². The second-order valence-corrected chi connectivity index (χ2v) is 3.99. The molecule has 0 aromatic heterocycles. The van der Waals surface area contributed by atoms with Gasteiger partial charge in [0.05, 0.1) is 6.61 Å². The van der Waals surface area contributed by atoms with Gasteiger partial charge < -0.3 is 4.74 Å². The molecule has 2 heteroatoms. The first-order valence-corrected chi connectivity index (χ1v) is 5.94. The molecule has 0 amide bonds. The van der Waals surface area contributed by atoms with E-state index < -0.39 is 0 Å². The zero-order chi connectivity index (χ0) is 12.2. The molecule has 0 fully saturated rings. The van der Waals surface area contributed by atoms with Gasteiger partial charge >= 0.3 is 5.97 Å². The van der Waals surface area contributed by atoms with Gasteiger partial charge in [-0.05, 0) is 19.8 Å². The van der Waals surface area contributed by atoms with Gasteiger partial charge in [0.15, 0.2) is 0 Å². The number of unbranched alkanes of at least 4 members (excludes halogenated alkanes) is 6. The van der Waals surface area contributed by atoms with Crippen molar-refractivity contribution in [1.82, 2.24) is 0 Å². The summed E-state index contributed by atoms with van der Waals surface area (Å²) in [5, 5.41) is 0. The Hall–Kier alpha value is -1.23. The van der Waals surface area contributed by atoms with Gasteiger partial charge in [0, 0.05) is 12.0 Å². The maximum absolute atomic E-state index is 11.0. The highest BCUT2D eigenvalue weighted by molar-refractivity contribution is 5.86. The molecule has 90 valence electrons. The predicted molar refractivity (Wildman–Crippen MR) is 66.9 cm³/mol. The highest BCUT2D eigenvalue weighted by atomic mass is 16.5. The highest BCUT2D eigenvalue weighted by Gasteiger charge is 2.01. The van der Waals surface area contributed by atoms with E-state index in [1.54, 1.807) is 6.92 Å². The summed E-state index contributed by atoms with van der Waals surface area (Å²) in [7, 11) is 0. The number of terminal acetylenes is 1. The summed E-state index contributed by atoms with van der Waals surface area (Å²) in [6.45, 7) is 5.69. The van der Waals surface area contributed by atoms with Gasteiger partial charge in [-0.25, -0.2) is 4.79 Å². The summed E-state index contributed by atoms with van der Waals surface area (Å²) in [6.07, 6.45) is 12.8. The van der Waals surface area contributed by atoms with E-state index in [9.17, 15) is 4.79 Å². The molecule has 0 heterocycles. The van der Waals surface area contributed by atoms with Crippen LogP contribution in [0.2, 0.25) is 0 Å². The van der Waals surface area contributed by atoms with E-state index in [0.717, 1.165) is 25.7 Å². The normalized spacial score (nSPS) is 9.50. The van der Waals surface area contributed by atoms with Crippen LogP contribution < -0.4 is 0 Å². The highest BCUT2D eigenvalue weighted by Crippen LogP contribution is 2.07. The number of hydrogen-bond acceptors (Lipinski definition) is 2. The second-order valence-electron chi connectivity index (χ2n) is 3.99. The topological polar surface area (TPSA) is 26.3 Å². The van der Waals surface area contributed by atoms with Crippen LogP contribution in [0.1, 0.15) is 51.9 Å². The van der Waals surface area contributed by atoms with Crippen molar-refractivity contribution in [1.29, 1.82) is 0 Å². The fourth-order valence-electron chi connectivity index (χ4n) is 1.32. The van der Waals surface area contributed by atoms with Crippen LogP contribution in [-0.2, 0) is 9.53 Å². The number of rotatable bonds is 9. The first-order chi connectivity index (χ1) is 7.68. The van der Waals surface area contributed by atoms with Crippen LogP contribution in [0.3, 0.4) is 0 Å². The zero-order valence-corrected chi connectivity index (χ0v) is 10.3. The van der Waals surface area contributed by atoms with Crippen LogP contribution in [0.15, 0.2) is 12.2 Å². The minimum atomic E-state index is -0.283. The smallest absolute Gasteiger partial charge is 0.333 e. The SMILES string of the molecule is C#CCCCCCCCCOC(=O)C(=C)C. The van der Waals surface area contributed by atoms with E-state index in [1.165, 1.54) is 19.3 Å². The number of carbonyl (C=O) groups is 1. The van der Waals surface area contributed by atoms with Gasteiger partial charge in [0.1, 0.15) is 0 Å². The van der Waals surface area contributed by atoms with Crippen molar-refractivity contribution in [2.24, 2.45) is 0 Å². The Morgan fingerprint density at radius 2 is 1.75 bits per heavy atom. The average Bonchev–Trinajstić information content (AvgIpc) is 2.26. The summed E-state index contributed by atoms with van der Waals surface area (Å²) in [5.41, 5.74) is 0.467. The Balaban J connectivity index is 3.13. The lowest BCUT2D eigenvalue weighted by atomic mass is 10.1. The molecule has 0 bridgehead atoms. The minimum Gasteiger partial charge on any atom is -0.462 e. The van der Waals surface area contributed by atoms with Crippen molar-refractivity contribution < 1.29 is 9.53 Å². The molecule has 0 rings (SSSR count). The van der Waals surface area contributed by atoms with Crippen LogP contribution in [0, 0.1) is 12.3 Å². The van der Waals surface area contributed by atoms with Crippen molar-refractivity contribution in [3.05, 3.63) is 12.2 Å². The van der Waals surface area contributed by atoms with Crippen LogP contribution in [0.5, 0.6) is 0 Å². The molecule has 0 aliphatic carbocycles. The standard InChI is InChI=1S/C14H22O2/c1-4-5-6-7-8-9-10-11-12-16-14(15)13(2)3/h1H,2,5-12H2,3H3. The molecule has 0 aliphatic rings. The molecular weight excluding hydrogens is 200 g/mol. The van der Waals surface area contributed by atoms with Crippen LogP contribution in [0.25, 0.3) is 0 Å². The zero-order valence-electron chi connectivity index (χ0n) is 10.3. The summed E-state index contributed by atoms with van der Waals surface area (Å²) < 4.78 is 4.98. The van der Waals surface area contributed by atoms with Crippen molar-refractivity contribution in [3.8, 4) is 12.3 Å². The van der Waals surface area contributed by atoms with Gasteiger partial charge in [-0.15, -0.1) is 12.3 Å². The lowest BCUT2D eigenvalue weighted by molar-refractivity contribution is -0.139. The first kappa shape index (κ1) is 14.8. The number of ether oxygens (including phenoxy) is 1. The number of carbonyl (C=O) groups excluding carboxylic acids is 1. The summed E-state index contributed by atoms with van der Waals surface area (Å²) in [5.74, 6) is 2.35. The molecule has 16 heavy (non-hydrogen) atoms. The maximum Gasteiger partial charge on any atom is 0.333 e. The number of esters is 1. The minimum absolute atomic E-state index is 0.283. The lowest BCUT2D eigenvalue weighted by Gasteiger charge is -2.03. The van der Waals surface area contributed by atoms with E-state index in [0.29, 0.717) is 12.2 Å². The Morgan fingerprint density at radius 1 is 1.19 bits per heavy atom. The van der Waals surface area contributed by atoms with Crippen molar-refractivity contribution >= 4 is 5.97 Å². The molecule has 0 aliphatic heterocycles. The monoisotopic (exact) mass is 222 g/mol.